The number of aromatic nitrogens is 2. The molecule has 0 saturated carbocycles. The van der Waals surface area contributed by atoms with Crippen LogP contribution in [0.3, 0.4) is 0 Å². The molecule has 0 amide bonds. The first kappa shape index (κ1) is 19.1. The van der Waals surface area contributed by atoms with Gasteiger partial charge in [0.05, 0.1) is 5.69 Å². The number of nitrogens with zero attached hydrogens (tertiary/aromatic N) is 4. The summed E-state index contributed by atoms with van der Waals surface area (Å²) >= 11 is 6.15. The number of benzene rings is 1. The lowest BCUT2D eigenvalue weighted by atomic mass is 9.98. The Morgan fingerprint density at radius 3 is 2.97 bits per heavy atom. The van der Waals surface area contributed by atoms with Gasteiger partial charge in [0.15, 0.2) is 0 Å². The van der Waals surface area contributed by atoms with Gasteiger partial charge in [0.25, 0.3) is 0 Å². The van der Waals surface area contributed by atoms with Crippen LogP contribution >= 0.6 is 11.6 Å². The van der Waals surface area contributed by atoms with Crippen molar-refractivity contribution in [2.24, 2.45) is 5.92 Å². The van der Waals surface area contributed by atoms with Crippen LogP contribution in [0.25, 0.3) is 0 Å². The van der Waals surface area contributed by atoms with E-state index in [1.54, 1.807) is 12.1 Å². The molecule has 0 unspecified atom stereocenters. The fourth-order valence-corrected chi connectivity index (χ4v) is 5.43. The molecule has 0 aliphatic carbocycles. The van der Waals surface area contributed by atoms with Gasteiger partial charge in [-0.15, -0.1) is 0 Å². The van der Waals surface area contributed by atoms with Gasteiger partial charge in [0.1, 0.15) is 5.75 Å². The van der Waals surface area contributed by atoms with Crippen LogP contribution in [0, 0.1) is 5.92 Å². The fourth-order valence-electron chi connectivity index (χ4n) is 5.24. The van der Waals surface area contributed by atoms with Crippen molar-refractivity contribution in [1.82, 2.24) is 14.9 Å². The maximum Gasteiger partial charge on any atom is 0.225 e. The highest BCUT2D eigenvalue weighted by molar-refractivity contribution is 6.30. The normalized spacial score (nSPS) is 26.6. The molecular formula is C22H27ClN4O2. The number of phenolic OH excluding ortho intramolecular Hbond substituents is 1. The average Bonchev–Trinajstić information content (AvgIpc) is 3.02. The number of hydrogen-bond donors (Lipinski definition) is 2. The van der Waals surface area contributed by atoms with Crippen molar-refractivity contribution in [1.29, 1.82) is 0 Å². The summed E-state index contributed by atoms with van der Waals surface area (Å²) in [5, 5.41) is 20.4. The smallest absolute Gasteiger partial charge is 0.225 e. The van der Waals surface area contributed by atoms with Crippen molar-refractivity contribution >= 4 is 17.5 Å². The third kappa shape index (κ3) is 3.58. The highest BCUT2D eigenvalue weighted by Gasteiger charge is 2.41. The minimum Gasteiger partial charge on any atom is -0.508 e. The van der Waals surface area contributed by atoms with Gasteiger partial charge >= 0.3 is 0 Å². The van der Waals surface area contributed by atoms with Crippen molar-refractivity contribution < 1.29 is 10.2 Å². The highest BCUT2D eigenvalue weighted by Crippen LogP contribution is 2.44. The standard InChI is InChI=1S/C22H27ClN4O2/c23-16-3-6-21(29)15(8-16)12-27-17-4-5-20(27)18-10-24-22(25-19(18)9-17)26-7-1-2-14(11-26)13-28/h3,6,8,10,14,17,20,28-29H,1-2,4-5,7,9,11-13H2/t14-,17-,20-/m1/s1. The Labute approximate surface area is 176 Å². The van der Waals surface area contributed by atoms with E-state index in [0.29, 0.717) is 35.3 Å². The summed E-state index contributed by atoms with van der Waals surface area (Å²) in [7, 11) is 0. The molecule has 2 fully saturated rings. The van der Waals surface area contributed by atoms with Crippen LogP contribution in [0.2, 0.25) is 5.02 Å². The van der Waals surface area contributed by atoms with E-state index in [2.05, 4.69) is 9.80 Å². The molecule has 3 aliphatic rings. The Hall–Kier alpha value is -1.89. The summed E-state index contributed by atoms with van der Waals surface area (Å²) in [6.07, 6.45) is 7.31. The molecule has 0 spiro atoms. The van der Waals surface area contributed by atoms with Gasteiger partial charge in [-0.05, 0) is 49.8 Å². The Bertz CT molecular complexity index is 908. The van der Waals surface area contributed by atoms with E-state index in [4.69, 9.17) is 21.6 Å². The van der Waals surface area contributed by atoms with Crippen molar-refractivity contribution in [3.63, 3.8) is 0 Å². The predicted molar refractivity (Wildman–Crippen MR) is 112 cm³/mol. The monoisotopic (exact) mass is 414 g/mol. The molecule has 3 aliphatic heterocycles. The molecular weight excluding hydrogens is 388 g/mol. The Morgan fingerprint density at radius 2 is 2.10 bits per heavy atom. The molecule has 6 nitrogen and oxygen atoms in total. The van der Waals surface area contributed by atoms with Crippen molar-refractivity contribution in [3.05, 3.63) is 46.2 Å². The quantitative estimate of drug-likeness (QED) is 0.799. The lowest BCUT2D eigenvalue weighted by Crippen LogP contribution is -2.40. The number of fused-ring (bicyclic) bond motifs is 4. The van der Waals surface area contributed by atoms with E-state index in [1.807, 2.05) is 12.3 Å². The van der Waals surface area contributed by atoms with Gasteiger partial charge in [-0.2, -0.15) is 0 Å². The zero-order valence-electron chi connectivity index (χ0n) is 16.5. The third-order valence-corrected chi connectivity index (χ3v) is 7.01. The van der Waals surface area contributed by atoms with Crippen LogP contribution in [0.5, 0.6) is 5.75 Å². The molecule has 0 radical (unpaired) electrons. The van der Waals surface area contributed by atoms with Gasteiger partial charge in [-0.3, -0.25) is 4.90 Å². The Kier molecular flexibility index (Phi) is 5.10. The van der Waals surface area contributed by atoms with Gasteiger partial charge in [0.2, 0.25) is 5.95 Å². The van der Waals surface area contributed by atoms with Crippen molar-refractivity contribution in [2.45, 2.75) is 50.7 Å². The summed E-state index contributed by atoms with van der Waals surface area (Å²) in [6, 6.07) is 5.98. The zero-order valence-corrected chi connectivity index (χ0v) is 17.2. The molecule has 2 bridgehead atoms. The number of rotatable bonds is 4. The molecule has 1 aromatic carbocycles. The minimum atomic E-state index is 0.233. The lowest BCUT2D eigenvalue weighted by Gasteiger charge is -2.37. The van der Waals surface area contributed by atoms with Crippen molar-refractivity contribution in [3.8, 4) is 5.75 Å². The maximum atomic E-state index is 10.2. The Balaban J connectivity index is 1.38. The summed E-state index contributed by atoms with van der Waals surface area (Å²) in [5.41, 5.74) is 3.26. The SMILES string of the molecule is OC[C@@H]1CCCN(c2ncc3c(n2)C[C@H]2CC[C@H]3N2Cc2cc(Cl)ccc2O)C1. The molecule has 2 aromatic rings. The van der Waals surface area contributed by atoms with E-state index in [0.717, 1.165) is 56.7 Å². The van der Waals surface area contributed by atoms with Gasteiger partial charge in [0, 0.05) is 67.1 Å². The predicted octanol–water partition coefficient (Wildman–Crippen LogP) is 3.31. The first-order valence-electron chi connectivity index (χ1n) is 10.6. The van der Waals surface area contributed by atoms with E-state index >= 15 is 0 Å². The molecule has 154 valence electrons. The molecule has 1 aromatic heterocycles. The molecule has 3 atom stereocenters. The van der Waals surface area contributed by atoms with E-state index < -0.39 is 0 Å². The lowest BCUT2D eigenvalue weighted by molar-refractivity contribution is 0.164. The average molecular weight is 415 g/mol. The number of phenols is 1. The van der Waals surface area contributed by atoms with Crippen LogP contribution in [0.1, 0.15) is 48.5 Å². The van der Waals surface area contributed by atoms with Crippen LogP contribution in [-0.4, -0.2) is 50.8 Å². The molecule has 4 heterocycles. The first-order chi connectivity index (χ1) is 14.1. The van der Waals surface area contributed by atoms with E-state index in [-0.39, 0.29) is 6.61 Å². The zero-order chi connectivity index (χ0) is 20.0. The summed E-state index contributed by atoms with van der Waals surface area (Å²) in [6.45, 7) is 2.72. The van der Waals surface area contributed by atoms with Crippen LogP contribution in [0.4, 0.5) is 5.95 Å². The fraction of sp³-hybridized carbons (Fsp3) is 0.545. The summed E-state index contributed by atoms with van der Waals surface area (Å²) in [4.78, 5) is 14.4. The van der Waals surface area contributed by atoms with Crippen LogP contribution in [0.15, 0.2) is 24.4 Å². The Morgan fingerprint density at radius 1 is 1.21 bits per heavy atom. The van der Waals surface area contributed by atoms with Crippen LogP contribution in [-0.2, 0) is 13.0 Å². The number of aliphatic hydroxyl groups excluding tert-OH is 1. The number of piperidine rings is 1. The number of aromatic hydroxyl groups is 1. The number of aliphatic hydroxyl groups is 1. The van der Waals surface area contributed by atoms with E-state index in [1.165, 1.54) is 11.3 Å². The molecule has 5 rings (SSSR count). The maximum absolute atomic E-state index is 10.2. The highest BCUT2D eigenvalue weighted by atomic mass is 35.5. The molecule has 2 N–H and O–H groups in total. The van der Waals surface area contributed by atoms with Gasteiger partial charge in [-0.25, -0.2) is 9.97 Å². The second kappa shape index (κ2) is 7.74. The third-order valence-electron chi connectivity index (χ3n) is 6.77. The molecule has 29 heavy (non-hydrogen) atoms. The summed E-state index contributed by atoms with van der Waals surface area (Å²) in [5.74, 6) is 1.43. The topological polar surface area (TPSA) is 72.7 Å². The number of halogens is 1. The minimum absolute atomic E-state index is 0.233. The number of anilines is 1. The number of hydrogen-bond acceptors (Lipinski definition) is 6. The second-order valence-corrected chi connectivity index (χ2v) is 9.04. The molecule has 2 saturated heterocycles. The van der Waals surface area contributed by atoms with Crippen molar-refractivity contribution in [2.75, 3.05) is 24.6 Å². The largest absolute Gasteiger partial charge is 0.508 e. The second-order valence-electron chi connectivity index (χ2n) is 8.61. The van der Waals surface area contributed by atoms with Gasteiger partial charge in [-0.1, -0.05) is 11.6 Å². The molecule has 7 heteroatoms. The summed E-state index contributed by atoms with van der Waals surface area (Å²) < 4.78 is 0. The van der Waals surface area contributed by atoms with E-state index in [9.17, 15) is 10.2 Å². The van der Waals surface area contributed by atoms with Crippen LogP contribution < -0.4 is 4.90 Å². The first-order valence-corrected chi connectivity index (χ1v) is 10.9. The van der Waals surface area contributed by atoms with Gasteiger partial charge < -0.3 is 15.1 Å².